The second-order valence-electron chi connectivity index (χ2n) is 6.75. The molecule has 0 atom stereocenters. The van der Waals surface area contributed by atoms with E-state index in [1.54, 1.807) is 4.90 Å². The first-order valence-corrected chi connectivity index (χ1v) is 10.1. The van der Waals surface area contributed by atoms with Gasteiger partial charge in [-0.25, -0.2) is 0 Å². The first-order valence-electron chi connectivity index (χ1n) is 9.26. The Labute approximate surface area is 171 Å². The van der Waals surface area contributed by atoms with Gasteiger partial charge in [0.2, 0.25) is 5.91 Å². The van der Waals surface area contributed by atoms with Crippen molar-refractivity contribution in [3.63, 3.8) is 0 Å². The van der Waals surface area contributed by atoms with Crippen LogP contribution in [0.4, 0.5) is 10.5 Å². The van der Waals surface area contributed by atoms with E-state index in [1.807, 2.05) is 0 Å². The van der Waals surface area contributed by atoms with E-state index in [9.17, 15) is 24.5 Å². The molecule has 154 valence electrons. The number of hydrogen-bond acceptors (Lipinski definition) is 7. The number of imide groups is 1. The number of benzene rings is 1. The normalized spacial score (nSPS) is 18.9. The van der Waals surface area contributed by atoms with Crippen LogP contribution in [0.15, 0.2) is 23.1 Å². The molecule has 2 aliphatic rings. The molecular weight excluding hydrogens is 398 g/mol. The molecule has 2 saturated heterocycles. The molecule has 0 N–H and O–H groups in total. The van der Waals surface area contributed by atoms with E-state index in [1.165, 1.54) is 31.4 Å². The van der Waals surface area contributed by atoms with Crippen LogP contribution < -0.4 is 4.74 Å². The summed E-state index contributed by atoms with van der Waals surface area (Å²) >= 11 is 0.705. The summed E-state index contributed by atoms with van der Waals surface area (Å²) in [5.74, 6) is -0.497. The summed E-state index contributed by atoms with van der Waals surface area (Å²) in [6.07, 6.45) is 5.35. The number of methoxy groups -OCH3 is 1. The van der Waals surface area contributed by atoms with Gasteiger partial charge in [0.1, 0.15) is 12.3 Å². The molecule has 3 amide bonds. The monoisotopic (exact) mass is 419 g/mol. The van der Waals surface area contributed by atoms with Crippen molar-refractivity contribution in [2.45, 2.75) is 25.7 Å². The molecule has 0 radical (unpaired) electrons. The number of rotatable bonds is 5. The quantitative estimate of drug-likeness (QED) is 0.410. The van der Waals surface area contributed by atoms with Crippen LogP contribution in [-0.4, -0.2) is 58.5 Å². The van der Waals surface area contributed by atoms with Crippen LogP contribution in [0.5, 0.6) is 5.75 Å². The average molecular weight is 419 g/mol. The highest BCUT2D eigenvalue weighted by Crippen LogP contribution is 2.35. The van der Waals surface area contributed by atoms with Crippen LogP contribution in [0.25, 0.3) is 6.08 Å². The Morgan fingerprint density at radius 1 is 1.24 bits per heavy atom. The Hall–Kier alpha value is -2.88. The summed E-state index contributed by atoms with van der Waals surface area (Å²) in [5.41, 5.74) is 0.152. The number of amides is 3. The van der Waals surface area contributed by atoms with E-state index >= 15 is 0 Å². The van der Waals surface area contributed by atoms with Gasteiger partial charge in [0.15, 0.2) is 0 Å². The summed E-state index contributed by atoms with van der Waals surface area (Å²) in [6.45, 7) is 0.972. The van der Waals surface area contributed by atoms with Crippen LogP contribution in [0.3, 0.4) is 0 Å². The lowest BCUT2D eigenvalue weighted by molar-refractivity contribution is -0.384. The maximum atomic E-state index is 12.7. The summed E-state index contributed by atoms with van der Waals surface area (Å²) in [6, 6.07) is 3.99. The maximum absolute atomic E-state index is 12.7. The molecule has 2 heterocycles. The van der Waals surface area contributed by atoms with Gasteiger partial charge in [-0.15, -0.1) is 0 Å². The summed E-state index contributed by atoms with van der Waals surface area (Å²) in [5, 5.41) is 10.5. The summed E-state index contributed by atoms with van der Waals surface area (Å²) in [4.78, 5) is 50.7. The van der Waals surface area contributed by atoms with Crippen LogP contribution in [0.2, 0.25) is 0 Å². The van der Waals surface area contributed by atoms with Crippen molar-refractivity contribution < 1.29 is 24.0 Å². The molecule has 3 rings (SSSR count). The molecule has 0 spiro atoms. The van der Waals surface area contributed by atoms with Crippen LogP contribution >= 0.6 is 11.8 Å². The lowest BCUT2D eigenvalue weighted by Crippen LogP contribution is -2.42. The maximum Gasteiger partial charge on any atom is 0.294 e. The number of thioether (sulfide) groups is 1. The topological polar surface area (TPSA) is 110 Å². The Balaban J connectivity index is 1.79. The van der Waals surface area contributed by atoms with Gasteiger partial charge in [-0.1, -0.05) is 12.8 Å². The molecular formula is C19H21N3O6S. The van der Waals surface area contributed by atoms with Crippen molar-refractivity contribution in [3.8, 4) is 5.75 Å². The van der Waals surface area contributed by atoms with Crippen LogP contribution in [0.1, 0.15) is 31.2 Å². The lowest BCUT2D eigenvalue weighted by atomic mass is 10.1. The first-order chi connectivity index (χ1) is 13.9. The smallest absolute Gasteiger partial charge is 0.294 e. The highest BCUT2D eigenvalue weighted by Gasteiger charge is 2.37. The second-order valence-corrected chi connectivity index (χ2v) is 7.74. The number of nitro groups is 1. The number of non-ortho nitro benzene ring substituents is 1. The molecule has 1 aromatic rings. The second kappa shape index (κ2) is 9.08. The number of nitrogens with zero attached hydrogens (tertiary/aromatic N) is 3. The molecule has 0 aromatic heterocycles. The van der Waals surface area contributed by atoms with Crippen molar-refractivity contribution in [3.05, 3.63) is 38.8 Å². The van der Waals surface area contributed by atoms with E-state index in [0.717, 1.165) is 30.6 Å². The number of carbonyl (C=O) groups excluding carboxylic acids is 3. The van der Waals surface area contributed by atoms with Crippen LogP contribution in [-0.2, 0) is 9.59 Å². The van der Waals surface area contributed by atoms with Crippen molar-refractivity contribution in [1.29, 1.82) is 0 Å². The highest BCUT2D eigenvalue weighted by molar-refractivity contribution is 8.18. The first kappa shape index (κ1) is 20.8. The molecule has 2 aliphatic heterocycles. The van der Waals surface area contributed by atoms with Gasteiger partial charge < -0.3 is 9.64 Å². The highest BCUT2D eigenvalue weighted by atomic mass is 32.2. The predicted molar refractivity (Wildman–Crippen MR) is 107 cm³/mol. The van der Waals surface area contributed by atoms with Gasteiger partial charge in [-0.05, 0) is 36.7 Å². The van der Waals surface area contributed by atoms with Crippen molar-refractivity contribution >= 4 is 40.6 Å². The molecule has 0 unspecified atom stereocenters. The van der Waals surface area contributed by atoms with Gasteiger partial charge in [0.25, 0.3) is 16.8 Å². The van der Waals surface area contributed by atoms with Crippen molar-refractivity contribution in [1.82, 2.24) is 9.80 Å². The molecule has 2 fully saturated rings. The zero-order chi connectivity index (χ0) is 21.0. The minimum absolute atomic E-state index is 0.0949. The zero-order valence-electron chi connectivity index (χ0n) is 16.0. The minimum Gasteiger partial charge on any atom is -0.496 e. The number of carbonyl (C=O) groups is 3. The number of likely N-dealkylation sites (tertiary alicyclic amines) is 1. The fourth-order valence-corrected chi connectivity index (χ4v) is 4.11. The molecule has 0 aliphatic carbocycles. The molecule has 9 nitrogen and oxygen atoms in total. The third kappa shape index (κ3) is 4.76. The summed E-state index contributed by atoms with van der Waals surface area (Å²) < 4.78 is 5.19. The summed E-state index contributed by atoms with van der Waals surface area (Å²) in [7, 11) is 1.41. The van der Waals surface area contributed by atoms with E-state index in [0.29, 0.717) is 36.2 Å². The molecule has 1 aromatic carbocycles. The van der Waals surface area contributed by atoms with E-state index in [4.69, 9.17) is 4.74 Å². The number of ether oxygens (including phenoxy) is 1. The van der Waals surface area contributed by atoms with Gasteiger partial charge in [0, 0.05) is 30.8 Å². The molecule has 0 saturated carbocycles. The Morgan fingerprint density at radius 2 is 1.93 bits per heavy atom. The molecule has 10 heteroatoms. The van der Waals surface area contributed by atoms with Gasteiger partial charge >= 0.3 is 0 Å². The minimum atomic E-state index is -0.586. The van der Waals surface area contributed by atoms with Crippen LogP contribution in [0, 0.1) is 10.1 Å². The largest absolute Gasteiger partial charge is 0.496 e. The Kier molecular flexibility index (Phi) is 6.53. The fraction of sp³-hybridized carbons (Fsp3) is 0.421. The van der Waals surface area contributed by atoms with E-state index in [2.05, 4.69) is 0 Å². The lowest BCUT2D eigenvalue weighted by Gasteiger charge is -2.22. The molecule has 0 bridgehead atoms. The Morgan fingerprint density at radius 3 is 2.55 bits per heavy atom. The van der Waals surface area contributed by atoms with Gasteiger partial charge in [-0.2, -0.15) is 0 Å². The van der Waals surface area contributed by atoms with E-state index < -0.39 is 16.1 Å². The predicted octanol–water partition coefficient (Wildman–Crippen LogP) is 3.04. The van der Waals surface area contributed by atoms with E-state index in [-0.39, 0.29) is 23.0 Å². The van der Waals surface area contributed by atoms with Crippen molar-refractivity contribution in [2.75, 3.05) is 26.7 Å². The number of nitro benzene ring substituents is 1. The Bertz CT molecular complexity index is 877. The average Bonchev–Trinajstić information content (AvgIpc) is 2.90. The van der Waals surface area contributed by atoms with Gasteiger partial charge in [0.05, 0.1) is 16.9 Å². The number of hydrogen-bond donors (Lipinski definition) is 0. The SMILES string of the molecule is COc1ccc([N+](=O)[O-])cc1C=C1SC(=O)N(CC(=O)N2CCCCCC2)C1=O. The van der Waals surface area contributed by atoms with Crippen molar-refractivity contribution in [2.24, 2.45) is 0 Å². The standard InChI is InChI=1S/C19H21N3O6S/c1-28-15-7-6-14(22(26)27)10-13(15)11-16-18(24)21(19(25)29-16)12-17(23)20-8-4-2-3-5-9-20/h6-7,10-11H,2-5,8-9,12H2,1H3. The zero-order valence-corrected chi connectivity index (χ0v) is 16.8. The molecule has 29 heavy (non-hydrogen) atoms. The third-order valence-electron chi connectivity index (χ3n) is 4.84. The third-order valence-corrected chi connectivity index (χ3v) is 5.74. The van der Waals surface area contributed by atoms with Gasteiger partial charge in [-0.3, -0.25) is 29.4 Å². The fourth-order valence-electron chi connectivity index (χ4n) is 3.28.